The lowest BCUT2D eigenvalue weighted by atomic mass is 9.96. The first-order chi connectivity index (χ1) is 24.6. The highest BCUT2D eigenvalue weighted by molar-refractivity contribution is 6.15. The molecule has 1 aromatic heterocycles. The maximum Gasteiger partial charge on any atom is 0.160 e. The number of furan rings is 1. The van der Waals surface area contributed by atoms with Crippen molar-refractivity contribution in [2.75, 3.05) is 0 Å². The third kappa shape index (κ3) is 6.21. The molecule has 0 amide bonds. The van der Waals surface area contributed by atoms with Crippen LogP contribution in [0.1, 0.15) is 23.6 Å². The third-order valence-corrected chi connectivity index (χ3v) is 9.07. The summed E-state index contributed by atoms with van der Waals surface area (Å²) >= 11 is 0. The van der Waals surface area contributed by atoms with Gasteiger partial charge in [0.15, 0.2) is 5.84 Å². The Morgan fingerprint density at radius 2 is 1.04 bits per heavy atom. The van der Waals surface area contributed by atoms with Crippen LogP contribution in [0, 0.1) is 0 Å². The number of benzene rings is 7. The minimum atomic E-state index is 0.578. The normalized spacial score (nSPS) is 12.0. The van der Waals surface area contributed by atoms with Crippen molar-refractivity contribution in [2.24, 2.45) is 9.98 Å². The number of fused-ring (bicyclic) bond motifs is 3. The lowest BCUT2D eigenvalue weighted by Crippen LogP contribution is -2.04. The highest BCUT2D eigenvalue weighted by Gasteiger charge is 2.15. The van der Waals surface area contributed by atoms with Crippen LogP contribution in [0.25, 0.3) is 61.0 Å². The molecule has 1 heterocycles. The van der Waals surface area contributed by atoms with E-state index in [1.165, 1.54) is 22.3 Å². The van der Waals surface area contributed by atoms with E-state index in [0.29, 0.717) is 11.5 Å². The van der Waals surface area contributed by atoms with E-state index in [1.807, 2.05) is 67.6 Å². The molecule has 0 N–H and O–H groups in total. The first-order valence-corrected chi connectivity index (χ1v) is 16.8. The molecule has 0 aliphatic heterocycles. The first kappa shape index (κ1) is 30.7. The van der Waals surface area contributed by atoms with Gasteiger partial charge in [-0.15, -0.1) is 0 Å². The molecule has 0 spiro atoms. The zero-order valence-corrected chi connectivity index (χ0v) is 27.8. The van der Waals surface area contributed by atoms with Crippen molar-refractivity contribution in [1.82, 2.24) is 0 Å². The molecule has 0 saturated heterocycles. The van der Waals surface area contributed by atoms with E-state index >= 15 is 0 Å². The van der Waals surface area contributed by atoms with E-state index in [4.69, 9.17) is 14.4 Å². The summed E-state index contributed by atoms with van der Waals surface area (Å²) in [5.41, 5.74) is 12.9. The van der Waals surface area contributed by atoms with Gasteiger partial charge in [-0.1, -0.05) is 164 Å². The van der Waals surface area contributed by atoms with Gasteiger partial charge in [-0.3, -0.25) is 0 Å². The Morgan fingerprint density at radius 1 is 0.460 bits per heavy atom. The molecule has 0 saturated carbocycles. The molecule has 0 aliphatic rings. The second kappa shape index (κ2) is 13.5. The predicted molar refractivity (Wildman–Crippen MR) is 211 cm³/mol. The fraction of sp³-hybridized carbons (Fsp3) is 0.0213. The Labute approximate surface area is 292 Å². The van der Waals surface area contributed by atoms with Gasteiger partial charge in [0, 0.05) is 27.6 Å². The van der Waals surface area contributed by atoms with Crippen molar-refractivity contribution in [3.63, 3.8) is 0 Å². The van der Waals surface area contributed by atoms with Crippen molar-refractivity contribution in [2.45, 2.75) is 6.92 Å². The highest BCUT2D eigenvalue weighted by atomic mass is 16.3. The molecule has 0 radical (unpaired) electrons. The molecule has 0 bridgehead atoms. The minimum absolute atomic E-state index is 0.578. The van der Waals surface area contributed by atoms with Crippen LogP contribution in [-0.4, -0.2) is 11.5 Å². The monoisotopic (exact) mass is 642 g/mol. The number of nitrogens with zero attached hydrogens (tertiary/aromatic N) is 2. The number of aliphatic imine (C=N–C) groups is 2. The molecule has 7 aromatic carbocycles. The number of hydrogen-bond donors (Lipinski definition) is 0. The molecule has 8 rings (SSSR count). The fourth-order valence-electron chi connectivity index (χ4n) is 6.40. The van der Waals surface area contributed by atoms with E-state index in [1.54, 1.807) is 0 Å². The highest BCUT2D eigenvalue weighted by Crippen LogP contribution is 2.37. The topological polar surface area (TPSA) is 37.9 Å². The van der Waals surface area contributed by atoms with Crippen molar-refractivity contribution in [3.05, 3.63) is 199 Å². The Bertz CT molecular complexity index is 2530. The Balaban J connectivity index is 1.16. The van der Waals surface area contributed by atoms with Crippen LogP contribution in [0.15, 0.2) is 197 Å². The van der Waals surface area contributed by atoms with Gasteiger partial charge in [-0.25, -0.2) is 9.98 Å². The standard InChI is InChI=1S/C47H34N2O/c1-32(34-14-6-3-7-15-34)48-47(49-33(2)35-16-8-4-9-17-35)41-28-29-43-44-23-13-22-42(46(44)50-45(43)31-41)38-26-24-37(25-27-38)40-21-12-20-39(30-40)36-18-10-5-11-19-36/h3-31H,1H2,2H3/b48-47-,49-33+. The fourth-order valence-corrected chi connectivity index (χ4v) is 6.40. The van der Waals surface area contributed by atoms with Crippen LogP contribution in [0.2, 0.25) is 0 Å². The molecular formula is C47H34N2O. The van der Waals surface area contributed by atoms with Crippen LogP contribution < -0.4 is 0 Å². The average molecular weight is 643 g/mol. The Morgan fingerprint density at radius 3 is 1.74 bits per heavy atom. The minimum Gasteiger partial charge on any atom is -0.455 e. The summed E-state index contributed by atoms with van der Waals surface area (Å²) in [5.74, 6) is 0.578. The summed E-state index contributed by atoms with van der Waals surface area (Å²) in [7, 11) is 0. The van der Waals surface area contributed by atoms with E-state index in [-0.39, 0.29) is 0 Å². The summed E-state index contributed by atoms with van der Waals surface area (Å²) in [6.07, 6.45) is 0. The number of amidine groups is 1. The average Bonchev–Trinajstić information content (AvgIpc) is 3.57. The second-order valence-corrected chi connectivity index (χ2v) is 12.3. The third-order valence-electron chi connectivity index (χ3n) is 9.07. The van der Waals surface area contributed by atoms with E-state index < -0.39 is 0 Å². The van der Waals surface area contributed by atoms with Gasteiger partial charge in [0.05, 0.1) is 5.70 Å². The van der Waals surface area contributed by atoms with E-state index in [0.717, 1.165) is 55.5 Å². The van der Waals surface area contributed by atoms with Gasteiger partial charge in [0.1, 0.15) is 11.2 Å². The van der Waals surface area contributed by atoms with E-state index in [2.05, 4.69) is 122 Å². The molecule has 0 fully saturated rings. The van der Waals surface area contributed by atoms with Gasteiger partial charge >= 0.3 is 0 Å². The van der Waals surface area contributed by atoms with Gasteiger partial charge in [-0.2, -0.15) is 0 Å². The van der Waals surface area contributed by atoms with Gasteiger partial charge in [-0.05, 0) is 64.1 Å². The first-order valence-electron chi connectivity index (χ1n) is 16.8. The van der Waals surface area contributed by atoms with Gasteiger partial charge in [0.2, 0.25) is 0 Å². The maximum atomic E-state index is 6.66. The van der Waals surface area contributed by atoms with Crippen LogP contribution >= 0.6 is 0 Å². The molecule has 0 unspecified atom stereocenters. The number of para-hydroxylation sites is 1. The molecule has 0 aliphatic carbocycles. The molecule has 8 aromatic rings. The maximum absolute atomic E-state index is 6.66. The van der Waals surface area contributed by atoms with Crippen LogP contribution in [-0.2, 0) is 0 Å². The summed E-state index contributed by atoms with van der Waals surface area (Å²) < 4.78 is 6.66. The largest absolute Gasteiger partial charge is 0.455 e. The molecule has 50 heavy (non-hydrogen) atoms. The molecule has 3 heteroatoms. The zero-order valence-electron chi connectivity index (χ0n) is 27.8. The Kier molecular flexibility index (Phi) is 8.30. The molecule has 238 valence electrons. The van der Waals surface area contributed by atoms with E-state index in [9.17, 15) is 0 Å². The van der Waals surface area contributed by atoms with Crippen LogP contribution in [0.5, 0.6) is 0 Å². The predicted octanol–water partition coefficient (Wildman–Crippen LogP) is 12.5. The molecule has 0 atom stereocenters. The Hall–Kier alpha value is -6.58. The lowest BCUT2D eigenvalue weighted by molar-refractivity contribution is 0.670. The summed E-state index contributed by atoms with van der Waals surface area (Å²) in [6.45, 7) is 6.28. The summed E-state index contributed by atoms with van der Waals surface area (Å²) in [6, 6.07) is 60.6. The van der Waals surface area contributed by atoms with Crippen LogP contribution in [0.3, 0.4) is 0 Å². The SMILES string of the molecule is C=C(/N=C(\N=C(/C)c1ccccc1)c1ccc2c(c1)oc1c(-c3ccc(-c4cccc(-c5ccccc5)c4)cc3)cccc12)c1ccccc1. The molecular weight excluding hydrogens is 609 g/mol. The van der Waals surface area contributed by atoms with Crippen molar-refractivity contribution in [1.29, 1.82) is 0 Å². The zero-order chi connectivity index (χ0) is 33.9. The number of rotatable bonds is 7. The van der Waals surface area contributed by atoms with Crippen LogP contribution in [0.4, 0.5) is 0 Å². The second-order valence-electron chi connectivity index (χ2n) is 12.3. The quantitative estimate of drug-likeness (QED) is 0.126. The summed E-state index contributed by atoms with van der Waals surface area (Å²) in [5, 5.41) is 2.12. The van der Waals surface area contributed by atoms with Gasteiger partial charge in [0.25, 0.3) is 0 Å². The summed E-state index contributed by atoms with van der Waals surface area (Å²) in [4.78, 5) is 9.99. The smallest absolute Gasteiger partial charge is 0.160 e. The number of hydrogen-bond acceptors (Lipinski definition) is 2. The van der Waals surface area contributed by atoms with Crippen molar-refractivity contribution >= 4 is 39.2 Å². The lowest BCUT2D eigenvalue weighted by Gasteiger charge is -2.08. The van der Waals surface area contributed by atoms with Crippen molar-refractivity contribution < 1.29 is 4.42 Å². The van der Waals surface area contributed by atoms with Gasteiger partial charge < -0.3 is 4.42 Å². The van der Waals surface area contributed by atoms with Crippen molar-refractivity contribution in [3.8, 4) is 33.4 Å². The molecule has 3 nitrogen and oxygen atoms in total.